The lowest BCUT2D eigenvalue weighted by Gasteiger charge is -2.09. The number of carbonyl (C=O) groups is 1. The minimum absolute atomic E-state index is 0.0971. The van der Waals surface area contributed by atoms with E-state index >= 15 is 0 Å². The molecule has 0 radical (unpaired) electrons. The number of nitrogens with zero attached hydrogens (tertiary/aromatic N) is 2. The molecule has 0 unspecified atom stereocenters. The van der Waals surface area contributed by atoms with Crippen molar-refractivity contribution in [1.82, 2.24) is 9.99 Å². The largest absolute Gasteiger partial charge is 0.493 e. The molecule has 7 heteroatoms. The van der Waals surface area contributed by atoms with Crippen LogP contribution in [0.5, 0.6) is 11.5 Å². The normalized spacial score (nSPS) is 15.5. The Balaban J connectivity index is 1.70. The summed E-state index contributed by atoms with van der Waals surface area (Å²) < 4.78 is 12.7. The molecule has 1 aliphatic heterocycles. The molecule has 1 aliphatic rings. The van der Waals surface area contributed by atoms with E-state index in [-0.39, 0.29) is 18.2 Å². The number of carbonyl (C=O) groups excluding carboxylic acids is 1. The van der Waals surface area contributed by atoms with E-state index in [0.29, 0.717) is 12.4 Å². The summed E-state index contributed by atoms with van der Waals surface area (Å²) in [5.74, 6) is 1.12. The standard InChI is InChI=1S/C19H21N3O4/c1-3-25-16-9-14-8-13(2)26-17(14)10-15(16)11-20-21-18(23)12-22-7-5-4-6-19(22)24/h4-7,9-11,13H,3,8,12H2,1-2H3,(H,21,23)/b20-11-/t13-/m1/s1. The Morgan fingerprint density at radius 1 is 1.46 bits per heavy atom. The molecule has 3 rings (SSSR count). The summed E-state index contributed by atoms with van der Waals surface area (Å²) in [6, 6.07) is 8.53. The number of rotatable bonds is 6. The highest BCUT2D eigenvalue weighted by Gasteiger charge is 2.21. The van der Waals surface area contributed by atoms with Crippen LogP contribution in [0.2, 0.25) is 0 Å². The Labute approximate surface area is 151 Å². The third-order valence-corrected chi connectivity index (χ3v) is 3.93. The fraction of sp³-hybridized carbons (Fsp3) is 0.316. The molecule has 26 heavy (non-hydrogen) atoms. The van der Waals surface area contributed by atoms with E-state index in [2.05, 4.69) is 10.5 Å². The number of aromatic nitrogens is 1. The van der Waals surface area contributed by atoms with Gasteiger partial charge in [-0.15, -0.1) is 0 Å². The summed E-state index contributed by atoms with van der Waals surface area (Å²) in [5, 5.41) is 3.98. The number of benzene rings is 1. The van der Waals surface area contributed by atoms with Crippen molar-refractivity contribution in [2.24, 2.45) is 5.10 Å². The van der Waals surface area contributed by atoms with Crippen LogP contribution < -0.4 is 20.5 Å². The number of hydrazone groups is 1. The number of hydrogen-bond acceptors (Lipinski definition) is 5. The predicted octanol–water partition coefficient (Wildman–Crippen LogP) is 1.72. The van der Waals surface area contributed by atoms with E-state index in [4.69, 9.17) is 9.47 Å². The molecule has 136 valence electrons. The fourth-order valence-corrected chi connectivity index (χ4v) is 2.79. The van der Waals surface area contributed by atoms with Crippen LogP contribution in [-0.2, 0) is 17.8 Å². The van der Waals surface area contributed by atoms with Crippen molar-refractivity contribution in [3.63, 3.8) is 0 Å². The quantitative estimate of drug-likeness (QED) is 0.632. The predicted molar refractivity (Wildman–Crippen MR) is 97.8 cm³/mol. The molecule has 0 spiro atoms. The van der Waals surface area contributed by atoms with Crippen molar-refractivity contribution in [1.29, 1.82) is 0 Å². The highest BCUT2D eigenvalue weighted by atomic mass is 16.5. The van der Waals surface area contributed by atoms with E-state index in [0.717, 1.165) is 23.3 Å². The van der Waals surface area contributed by atoms with E-state index in [9.17, 15) is 9.59 Å². The monoisotopic (exact) mass is 355 g/mol. The van der Waals surface area contributed by atoms with Crippen LogP contribution in [0, 0.1) is 0 Å². The lowest BCUT2D eigenvalue weighted by molar-refractivity contribution is -0.121. The Morgan fingerprint density at radius 2 is 2.31 bits per heavy atom. The van der Waals surface area contributed by atoms with E-state index in [1.807, 2.05) is 26.0 Å². The molecular weight excluding hydrogens is 334 g/mol. The molecule has 0 fully saturated rings. The molecule has 1 aromatic heterocycles. The van der Waals surface area contributed by atoms with Gasteiger partial charge in [0.25, 0.3) is 11.5 Å². The molecule has 0 bridgehead atoms. The van der Waals surface area contributed by atoms with Crippen LogP contribution in [0.3, 0.4) is 0 Å². The molecule has 0 aliphatic carbocycles. The van der Waals surface area contributed by atoms with Crippen LogP contribution >= 0.6 is 0 Å². The SMILES string of the molecule is CCOc1cc2c(cc1/C=N\NC(=O)Cn1ccccc1=O)O[C@H](C)C2. The van der Waals surface area contributed by atoms with Crippen molar-refractivity contribution in [2.75, 3.05) is 6.61 Å². The van der Waals surface area contributed by atoms with Crippen molar-refractivity contribution in [3.8, 4) is 11.5 Å². The maximum Gasteiger partial charge on any atom is 0.260 e. The van der Waals surface area contributed by atoms with Gasteiger partial charge in [-0.3, -0.25) is 9.59 Å². The summed E-state index contributed by atoms with van der Waals surface area (Å²) in [6.07, 6.45) is 4.05. The smallest absolute Gasteiger partial charge is 0.260 e. The van der Waals surface area contributed by atoms with Crippen LogP contribution in [0.15, 0.2) is 46.4 Å². The van der Waals surface area contributed by atoms with Gasteiger partial charge in [0.1, 0.15) is 24.1 Å². The number of hydrogen-bond donors (Lipinski definition) is 1. The molecule has 2 aromatic rings. The maximum atomic E-state index is 12.0. The summed E-state index contributed by atoms with van der Waals surface area (Å²) in [7, 11) is 0. The van der Waals surface area contributed by atoms with Crippen molar-refractivity contribution in [3.05, 3.63) is 58.0 Å². The Hall–Kier alpha value is -3.09. The molecule has 1 aromatic carbocycles. The van der Waals surface area contributed by atoms with Gasteiger partial charge >= 0.3 is 0 Å². The van der Waals surface area contributed by atoms with Crippen molar-refractivity contribution < 1.29 is 14.3 Å². The topological polar surface area (TPSA) is 81.9 Å². The highest BCUT2D eigenvalue weighted by molar-refractivity contribution is 5.86. The average Bonchev–Trinajstić information content (AvgIpc) is 2.96. The number of ether oxygens (including phenoxy) is 2. The Bertz CT molecular complexity index is 889. The summed E-state index contributed by atoms with van der Waals surface area (Å²) in [5.41, 5.74) is 4.01. The zero-order chi connectivity index (χ0) is 18.5. The zero-order valence-corrected chi connectivity index (χ0v) is 14.8. The first kappa shape index (κ1) is 17.7. The summed E-state index contributed by atoms with van der Waals surface area (Å²) in [6.45, 7) is 4.35. The second-order valence-electron chi connectivity index (χ2n) is 6.02. The first-order valence-electron chi connectivity index (χ1n) is 8.50. The van der Waals surface area contributed by atoms with E-state index in [1.54, 1.807) is 18.3 Å². The number of nitrogens with one attached hydrogen (secondary N) is 1. The van der Waals surface area contributed by atoms with Gasteiger partial charge < -0.3 is 14.0 Å². The van der Waals surface area contributed by atoms with Crippen LogP contribution in [0.4, 0.5) is 0 Å². The van der Waals surface area contributed by atoms with Crippen LogP contribution in [-0.4, -0.2) is 29.4 Å². The molecule has 7 nitrogen and oxygen atoms in total. The lowest BCUT2D eigenvalue weighted by atomic mass is 10.1. The second-order valence-corrected chi connectivity index (χ2v) is 6.02. The van der Waals surface area contributed by atoms with E-state index in [1.165, 1.54) is 16.8 Å². The van der Waals surface area contributed by atoms with Crippen molar-refractivity contribution >= 4 is 12.1 Å². The third-order valence-electron chi connectivity index (χ3n) is 3.93. The molecule has 1 atom stereocenters. The fourth-order valence-electron chi connectivity index (χ4n) is 2.79. The Kier molecular flexibility index (Phi) is 5.36. The average molecular weight is 355 g/mol. The third kappa shape index (κ3) is 4.11. The van der Waals surface area contributed by atoms with Crippen LogP contribution in [0.25, 0.3) is 0 Å². The first-order chi connectivity index (χ1) is 12.6. The maximum absolute atomic E-state index is 12.0. The van der Waals surface area contributed by atoms with Crippen molar-refractivity contribution in [2.45, 2.75) is 32.9 Å². The molecule has 0 saturated carbocycles. The van der Waals surface area contributed by atoms with Gasteiger partial charge in [0.05, 0.1) is 12.8 Å². The van der Waals surface area contributed by atoms with Gasteiger partial charge in [-0.25, -0.2) is 5.43 Å². The first-order valence-corrected chi connectivity index (χ1v) is 8.50. The molecule has 0 saturated heterocycles. The Morgan fingerprint density at radius 3 is 3.08 bits per heavy atom. The number of pyridine rings is 1. The van der Waals surface area contributed by atoms with Gasteiger partial charge in [-0.1, -0.05) is 6.07 Å². The van der Waals surface area contributed by atoms with Gasteiger partial charge in [0, 0.05) is 29.8 Å². The molecule has 2 heterocycles. The number of fused-ring (bicyclic) bond motifs is 1. The van der Waals surface area contributed by atoms with Gasteiger partial charge in [-0.05, 0) is 32.0 Å². The van der Waals surface area contributed by atoms with Gasteiger partial charge in [0.15, 0.2) is 0 Å². The van der Waals surface area contributed by atoms with Gasteiger partial charge in [0.2, 0.25) is 0 Å². The summed E-state index contributed by atoms with van der Waals surface area (Å²) >= 11 is 0. The molecule has 1 N–H and O–H groups in total. The molecule has 1 amide bonds. The van der Waals surface area contributed by atoms with E-state index < -0.39 is 5.91 Å². The minimum atomic E-state index is -0.390. The lowest BCUT2D eigenvalue weighted by Crippen LogP contribution is -2.29. The number of amides is 1. The minimum Gasteiger partial charge on any atom is -0.493 e. The summed E-state index contributed by atoms with van der Waals surface area (Å²) in [4.78, 5) is 23.6. The van der Waals surface area contributed by atoms with Crippen LogP contribution in [0.1, 0.15) is 25.0 Å². The second kappa shape index (κ2) is 7.86. The zero-order valence-electron chi connectivity index (χ0n) is 14.8. The highest BCUT2D eigenvalue weighted by Crippen LogP contribution is 2.34. The molecular formula is C19H21N3O4. The van der Waals surface area contributed by atoms with Gasteiger partial charge in [-0.2, -0.15) is 5.10 Å².